The van der Waals surface area contributed by atoms with Crippen molar-refractivity contribution in [1.29, 1.82) is 0 Å². The van der Waals surface area contributed by atoms with E-state index in [1.807, 2.05) is 42.5 Å². The van der Waals surface area contributed by atoms with Gasteiger partial charge in [-0.15, -0.1) is 12.4 Å². The van der Waals surface area contributed by atoms with E-state index < -0.39 is 0 Å². The summed E-state index contributed by atoms with van der Waals surface area (Å²) in [5, 5.41) is 2.90. The van der Waals surface area contributed by atoms with Crippen molar-refractivity contribution in [3.05, 3.63) is 53.6 Å². The predicted octanol–water partition coefficient (Wildman–Crippen LogP) is 2.96. The summed E-state index contributed by atoms with van der Waals surface area (Å²) in [6.07, 6.45) is 1.01. The first-order chi connectivity index (χ1) is 11.2. The third-order valence-corrected chi connectivity index (χ3v) is 3.64. The normalized spacial score (nSPS) is 9.75. The highest BCUT2D eigenvalue weighted by Gasteiger charge is 2.10. The highest BCUT2D eigenvalue weighted by atomic mass is 35.5. The molecule has 0 aliphatic rings. The van der Waals surface area contributed by atoms with E-state index in [1.54, 1.807) is 14.2 Å². The molecule has 0 aliphatic heterocycles. The van der Waals surface area contributed by atoms with Gasteiger partial charge in [-0.25, -0.2) is 0 Å². The number of benzene rings is 2. The summed E-state index contributed by atoms with van der Waals surface area (Å²) in [6.45, 7) is 0.392. The fourth-order valence-electron chi connectivity index (χ4n) is 2.39. The van der Waals surface area contributed by atoms with Crippen LogP contribution in [0.1, 0.15) is 17.5 Å². The second-order valence-electron chi connectivity index (χ2n) is 5.13. The summed E-state index contributed by atoms with van der Waals surface area (Å²) in [5.41, 5.74) is 8.46. The number of para-hydroxylation sites is 2. The lowest BCUT2D eigenvalue weighted by molar-refractivity contribution is -0.121. The van der Waals surface area contributed by atoms with Gasteiger partial charge in [0.05, 0.1) is 14.2 Å². The molecular formula is C18H23ClN2O3. The Hall–Kier alpha value is -2.40. The van der Waals surface area contributed by atoms with Gasteiger partial charge in [-0.1, -0.05) is 30.3 Å². The quantitative estimate of drug-likeness (QED) is 0.753. The summed E-state index contributed by atoms with van der Waals surface area (Å²) in [5.74, 6) is 1.26. The summed E-state index contributed by atoms with van der Waals surface area (Å²) >= 11 is 0. The lowest BCUT2D eigenvalue weighted by Gasteiger charge is -2.13. The summed E-state index contributed by atoms with van der Waals surface area (Å²) in [6, 6.07) is 13.2. The molecule has 0 spiro atoms. The molecule has 0 unspecified atom stereocenters. The van der Waals surface area contributed by atoms with Crippen LogP contribution >= 0.6 is 12.4 Å². The smallest absolute Gasteiger partial charge is 0.220 e. The van der Waals surface area contributed by atoms with E-state index in [0.717, 1.165) is 16.8 Å². The zero-order chi connectivity index (χ0) is 16.7. The molecule has 0 saturated carbocycles. The third-order valence-electron chi connectivity index (χ3n) is 3.64. The van der Waals surface area contributed by atoms with E-state index in [-0.39, 0.29) is 18.3 Å². The van der Waals surface area contributed by atoms with Crippen LogP contribution in [0.4, 0.5) is 5.69 Å². The van der Waals surface area contributed by atoms with Crippen molar-refractivity contribution in [2.24, 2.45) is 0 Å². The van der Waals surface area contributed by atoms with Crippen molar-refractivity contribution in [2.75, 3.05) is 20.0 Å². The third kappa shape index (κ3) is 5.06. The van der Waals surface area contributed by atoms with Crippen LogP contribution in [0.15, 0.2) is 42.5 Å². The topological polar surface area (TPSA) is 73.6 Å². The number of ether oxygens (including phenoxy) is 2. The molecule has 0 radical (unpaired) electrons. The lowest BCUT2D eigenvalue weighted by Crippen LogP contribution is -2.23. The van der Waals surface area contributed by atoms with E-state index in [9.17, 15) is 4.79 Å². The van der Waals surface area contributed by atoms with Crippen molar-refractivity contribution >= 4 is 24.0 Å². The van der Waals surface area contributed by atoms with E-state index in [4.69, 9.17) is 15.2 Å². The minimum Gasteiger partial charge on any atom is -0.493 e. The van der Waals surface area contributed by atoms with E-state index >= 15 is 0 Å². The summed E-state index contributed by atoms with van der Waals surface area (Å²) < 4.78 is 10.6. The zero-order valence-electron chi connectivity index (χ0n) is 13.9. The number of hydrogen-bond donors (Lipinski definition) is 2. The van der Waals surface area contributed by atoms with Gasteiger partial charge in [-0.2, -0.15) is 0 Å². The molecule has 2 aromatic carbocycles. The maximum absolute atomic E-state index is 12.0. The molecule has 0 heterocycles. The molecule has 0 fully saturated rings. The van der Waals surface area contributed by atoms with Gasteiger partial charge in [0.15, 0.2) is 11.5 Å². The molecule has 0 bridgehead atoms. The second-order valence-corrected chi connectivity index (χ2v) is 5.13. The zero-order valence-corrected chi connectivity index (χ0v) is 14.7. The molecule has 0 atom stereocenters. The summed E-state index contributed by atoms with van der Waals surface area (Å²) in [7, 11) is 3.17. The summed E-state index contributed by atoms with van der Waals surface area (Å²) in [4.78, 5) is 12.0. The van der Waals surface area contributed by atoms with Crippen LogP contribution < -0.4 is 20.5 Å². The van der Waals surface area contributed by atoms with Crippen molar-refractivity contribution in [3.63, 3.8) is 0 Å². The Balaban J connectivity index is 0.00000288. The average Bonchev–Trinajstić information content (AvgIpc) is 2.58. The van der Waals surface area contributed by atoms with Crippen LogP contribution in [0.2, 0.25) is 0 Å². The van der Waals surface area contributed by atoms with Crippen LogP contribution in [0.3, 0.4) is 0 Å². The van der Waals surface area contributed by atoms with Crippen molar-refractivity contribution in [3.8, 4) is 11.5 Å². The molecule has 2 aromatic rings. The van der Waals surface area contributed by atoms with Gasteiger partial charge in [-0.3, -0.25) is 4.79 Å². The first-order valence-corrected chi connectivity index (χ1v) is 7.45. The van der Waals surface area contributed by atoms with Crippen LogP contribution in [-0.4, -0.2) is 20.1 Å². The molecule has 0 aliphatic carbocycles. The molecule has 1 amide bonds. The number of nitrogens with two attached hydrogens (primary N) is 1. The van der Waals surface area contributed by atoms with Crippen molar-refractivity contribution in [1.82, 2.24) is 5.32 Å². The Morgan fingerprint density at radius 3 is 2.42 bits per heavy atom. The van der Waals surface area contributed by atoms with Gasteiger partial charge in [0.1, 0.15) is 0 Å². The fraction of sp³-hybridized carbons (Fsp3) is 0.278. The highest BCUT2D eigenvalue weighted by Crippen LogP contribution is 2.30. The van der Waals surface area contributed by atoms with Gasteiger partial charge < -0.3 is 20.5 Å². The number of aryl methyl sites for hydroxylation is 1. The Morgan fingerprint density at radius 1 is 1.04 bits per heavy atom. The van der Waals surface area contributed by atoms with E-state index in [1.165, 1.54) is 0 Å². The predicted molar refractivity (Wildman–Crippen MR) is 97.8 cm³/mol. The molecule has 6 heteroatoms. The van der Waals surface area contributed by atoms with Crippen LogP contribution in [0.25, 0.3) is 0 Å². The molecule has 0 aromatic heterocycles. The molecule has 5 nitrogen and oxygen atoms in total. The largest absolute Gasteiger partial charge is 0.493 e. The van der Waals surface area contributed by atoms with Gasteiger partial charge in [-0.05, 0) is 24.1 Å². The van der Waals surface area contributed by atoms with E-state index in [0.29, 0.717) is 30.9 Å². The number of halogens is 1. The van der Waals surface area contributed by atoms with Gasteiger partial charge in [0, 0.05) is 24.2 Å². The maximum Gasteiger partial charge on any atom is 0.220 e. The van der Waals surface area contributed by atoms with Gasteiger partial charge in [0.2, 0.25) is 5.91 Å². The molecular weight excluding hydrogens is 328 g/mol. The van der Waals surface area contributed by atoms with E-state index in [2.05, 4.69) is 5.32 Å². The molecule has 130 valence electrons. The Labute approximate surface area is 148 Å². The molecule has 2 rings (SSSR count). The monoisotopic (exact) mass is 350 g/mol. The number of amides is 1. The highest BCUT2D eigenvalue weighted by molar-refractivity contribution is 5.85. The minimum absolute atomic E-state index is 0. The first-order valence-electron chi connectivity index (χ1n) is 7.45. The van der Waals surface area contributed by atoms with Crippen LogP contribution in [0, 0.1) is 0 Å². The standard InChI is InChI=1S/C18H22N2O3.ClH/c1-22-16-9-5-7-14(18(16)23-2)12-20-17(21)11-10-13-6-3-4-8-15(13)19;/h3-9H,10-12,19H2,1-2H3,(H,20,21);1H. The number of carbonyl (C=O) groups excluding carboxylic acids is 1. The molecule has 3 N–H and O–H groups in total. The lowest BCUT2D eigenvalue weighted by atomic mass is 10.1. The fourth-order valence-corrected chi connectivity index (χ4v) is 2.39. The number of hydrogen-bond acceptors (Lipinski definition) is 4. The maximum atomic E-state index is 12.0. The SMILES string of the molecule is COc1cccc(CNC(=O)CCc2ccccc2N)c1OC.Cl. The van der Waals surface area contributed by atoms with Crippen molar-refractivity contribution in [2.45, 2.75) is 19.4 Å². The number of rotatable bonds is 7. The van der Waals surface area contributed by atoms with Crippen LogP contribution in [0.5, 0.6) is 11.5 Å². The van der Waals surface area contributed by atoms with Gasteiger partial charge in [0.25, 0.3) is 0 Å². The number of methoxy groups -OCH3 is 2. The van der Waals surface area contributed by atoms with Crippen molar-refractivity contribution < 1.29 is 14.3 Å². The second kappa shape index (κ2) is 9.67. The molecule has 24 heavy (non-hydrogen) atoms. The Bertz CT molecular complexity index is 677. The molecule has 0 saturated heterocycles. The first kappa shape index (κ1) is 19.6. The van der Waals surface area contributed by atoms with Crippen LogP contribution in [-0.2, 0) is 17.8 Å². The minimum atomic E-state index is -0.0295. The number of nitrogens with one attached hydrogen (secondary N) is 1. The Morgan fingerprint density at radius 2 is 1.75 bits per heavy atom. The number of anilines is 1. The number of nitrogen functional groups attached to an aromatic ring is 1. The Kier molecular flexibility index (Phi) is 7.92. The van der Waals surface area contributed by atoms with Gasteiger partial charge >= 0.3 is 0 Å². The average molecular weight is 351 g/mol. The number of carbonyl (C=O) groups is 1.